The molecule has 0 saturated carbocycles. The molecule has 1 aliphatic heterocycles. The Bertz CT molecular complexity index is 728. The molecule has 26 heavy (non-hydrogen) atoms. The van der Waals surface area contributed by atoms with E-state index in [4.69, 9.17) is 0 Å². The molecule has 6 nitrogen and oxygen atoms in total. The maximum Gasteiger partial charge on any atom is 0.148 e. The van der Waals surface area contributed by atoms with Crippen molar-refractivity contribution in [3.8, 4) is 0 Å². The molecule has 0 unspecified atom stereocenters. The first-order valence-corrected chi connectivity index (χ1v) is 9.17. The Morgan fingerprint density at radius 3 is 2.69 bits per heavy atom. The molecule has 0 atom stereocenters. The fraction of sp³-hybridized carbons (Fsp3) is 0.526. The second-order valence-electron chi connectivity index (χ2n) is 6.88. The van der Waals surface area contributed by atoms with E-state index in [9.17, 15) is 4.39 Å². The molecule has 1 saturated heterocycles. The van der Waals surface area contributed by atoms with E-state index in [-0.39, 0.29) is 5.82 Å². The Morgan fingerprint density at radius 1 is 1.23 bits per heavy atom. The number of pyridine rings is 1. The standard InChI is InChI=1S/C19H27FN6/c1-4-14-9-19(24-13-23-14)26-7-5-15(6-8-26)22-10-16-17(20)11-21-12-18(16)25(2)3/h9,11-13,15,22H,4-8,10H2,1-3H3. The average Bonchev–Trinajstić information content (AvgIpc) is 2.67. The van der Waals surface area contributed by atoms with Crippen molar-refractivity contribution >= 4 is 11.5 Å². The minimum absolute atomic E-state index is 0.255. The van der Waals surface area contributed by atoms with Gasteiger partial charge in [0.1, 0.15) is 18.0 Å². The summed E-state index contributed by atoms with van der Waals surface area (Å²) in [5, 5.41) is 3.51. The van der Waals surface area contributed by atoms with Gasteiger partial charge >= 0.3 is 0 Å². The van der Waals surface area contributed by atoms with E-state index < -0.39 is 0 Å². The summed E-state index contributed by atoms with van der Waals surface area (Å²) in [7, 11) is 3.81. The number of nitrogens with one attached hydrogen (secondary N) is 1. The quantitative estimate of drug-likeness (QED) is 0.856. The molecule has 0 aliphatic carbocycles. The molecule has 2 aromatic rings. The fourth-order valence-electron chi connectivity index (χ4n) is 3.32. The number of piperidine rings is 1. The molecular weight excluding hydrogens is 331 g/mol. The Hall–Kier alpha value is -2.28. The first-order chi connectivity index (χ1) is 12.6. The summed E-state index contributed by atoms with van der Waals surface area (Å²) in [6.07, 6.45) is 7.58. The van der Waals surface area contributed by atoms with Crippen molar-refractivity contribution in [3.63, 3.8) is 0 Å². The lowest BCUT2D eigenvalue weighted by molar-refractivity contribution is 0.409. The SMILES string of the molecule is CCc1cc(N2CCC(NCc3c(F)cncc3N(C)C)CC2)ncn1. The smallest absolute Gasteiger partial charge is 0.148 e. The summed E-state index contributed by atoms with van der Waals surface area (Å²) in [6, 6.07) is 2.45. The maximum absolute atomic E-state index is 14.2. The van der Waals surface area contributed by atoms with E-state index in [1.807, 2.05) is 19.0 Å². The first-order valence-electron chi connectivity index (χ1n) is 9.17. The van der Waals surface area contributed by atoms with Crippen LogP contribution in [0.4, 0.5) is 15.9 Å². The minimum atomic E-state index is -0.255. The zero-order valence-electron chi connectivity index (χ0n) is 15.7. The Balaban J connectivity index is 1.56. The third-order valence-electron chi connectivity index (χ3n) is 4.92. The number of anilines is 2. The number of hydrogen-bond donors (Lipinski definition) is 1. The minimum Gasteiger partial charge on any atom is -0.376 e. The topological polar surface area (TPSA) is 57.2 Å². The van der Waals surface area contributed by atoms with Gasteiger partial charge in [0.2, 0.25) is 0 Å². The number of aryl methyl sites for hydroxylation is 1. The van der Waals surface area contributed by atoms with E-state index in [2.05, 4.69) is 38.2 Å². The van der Waals surface area contributed by atoms with Gasteiger partial charge in [-0.2, -0.15) is 0 Å². The van der Waals surface area contributed by atoms with Crippen molar-refractivity contribution in [1.82, 2.24) is 20.3 Å². The van der Waals surface area contributed by atoms with Gasteiger partial charge in [-0.3, -0.25) is 4.98 Å². The van der Waals surface area contributed by atoms with Gasteiger partial charge in [-0.1, -0.05) is 6.92 Å². The Morgan fingerprint density at radius 2 is 2.00 bits per heavy atom. The summed E-state index contributed by atoms with van der Waals surface area (Å²) in [6.45, 7) is 4.50. The molecule has 1 fully saturated rings. The molecule has 3 heterocycles. The highest BCUT2D eigenvalue weighted by atomic mass is 19.1. The van der Waals surface area contributed by atoms with Crippen LogP contribution in [0.2, 0.25) is 0 Å². The molecule has 7 heteroatoms. The van der Waals surface area contributed by atoms with Crippen LogP contribution >= 0.6 is 0 Å². The zero-order valence-corrected chi connectivity index (χ0v) is 15.7. The second kappa shape index (κ2) is 8.40. The van der Waals surface area contributed by atoms with Gasteiger partial charge < -0.3 is 15.1 Å². The third-order valence-corrected chi connectivity index (χ3v) is 4.92. The first kappa shape index (κ1) is 18.5. The van der Waals surface area contributed by atoms with Crippen molar-refractivity contribution in [1.29, 1.82) is 0 Å². The molecule has 3 rings (SSSR count). The number of halogens is 1. The predicted molar refractivity (Wildman–Crippen MR) is 102 cm³/mol. The van der Waals surface area contributed by atoms with Crippen molar-refractivity contribution < 1.29 is 4.39 Å². The average molecular weight is 358 g/mol. The largest absolute Gasteiger partial charge is 0.376 e. The van der Waals surface area contributed by atoms with Crippen LogP contribution in [-0.2, 0) is 13.0 Å². The predicted octanol–water partition coefficient (Wildman–Crippen LogP) is 2.40. The summed E-state index contributed by atoms with van der Waals surface area (Å²) in [5.74, 6) is 0.750. The molecule has 0 spiro atoms. The van der Waals surface area contributed by atoms with Crippen LogP contribution in [0.15, 0.2) is 24.8 Å². The molecule has 0 aromatic carbocycles. The van der Waals surface area contributed by atoms with Gasteiger partial charge in [0.15, 0.2) is 0 Å². The monoisotopic (exact) mass is 358 g/mol. The molecule has 0 bridgehead atoms. The van der Waals surface area contributed by atoms with Gasteiger partial charge in [-0.15, -0.1) is 0 Å². The lowest BCUT2D eigenvalue weighted by Gasteiger charge is -2.33. The van der Waals surface area contributed by atoms with Crippen LogP contribution in [0, 0.1) is 5.82 Å². The second-order valence-corrected chi connectivity index (χ2v) is 6.88. The van der Waals surface area contributed by atoms with E-state index >= 15 is 0 Å². The highest BCUT2D eigenvalue weighted by Gasteiger charge is 2.21. The zero-order chi connectivity index (χ0) is 18.5. The summed E-state index contributed by atoms with van der Waals surface area (Å²) in [5.41, 5.74) is 2.57. The van der Waals surface area contributed by atoms with Gasteiger partial charge in [0.05, 0.1) is 18.1 Å². The van der Waals surface area contributed by atoms with E-state index in [0.717, 1.165) is 49.6 Å². The molecule has 140 valence electrons. The molecule has 1 aliphatic rings. The van der Waals surface area contributed by atoms with Crippen LogP contribution in [0.5, 0.6) is 0 Å². The summed E-state index contributed by atoms with van der Waals surface area (Å²) in [4.78, 5) is 16.8. The molecule has 1 N–H and O–H groups in total. The summed E-state index contributed by atoms with van der Waals surface area (Å²) < 4.78 is 14.2. The van der Waals surface area contributed by atoms with Gasteiger partial charge in [0, 0.05) is 57.1 Å². The maximum atomic E-state index is 14.2. The normalized spacial score (nSPS) is 15.3. The van der Waals surface area contributed by atoms with Crippen LogP contribution in [-0.4, -0.2) is 48.2 Å². The Kier molecular flexibility index (Phi) is 5.98. The van der Waals surface area contributed by atoms with E-state index in [0.29, 0.717) is 18.2 Å². The van der Waals surface area contributed by atoms with Crippen LogP contribution in [0.1, 0.15) is 31.0 Å². The van der Waals surface area contributed by atoms with Crippen LogP contribution in [0.25, 0.3) is 0 Å². The van der Waals surface area contributed by atoms with Gasteiger partial charge in [0.25, 0.3) is 0 Å². The van der Waals surface area contributed by atoms with Crippen LogP contribution in [0.3, 0.4) is 0 Å². The van der Waals surface area contributed by atoms with E-state index in [1.165, 1.54) is 6.20 Å². The highest BCUT2D eigenvalue weighted by Crippen LogP contribution is 2.22. The van der Waals surface area contributed by atoms with E-state index in [1.54, 1.807) is 12.5 Å². The van der Waals surface area contributed by atoms with Crippen molar-refractivity contribution in [2.45, 2.75) is 38.8 Å². The molecule has 2 aromatic heterocycles. The summed E-state index contributed by atoms with van der Waals surface area (Å²) >= 11 is 0. The Labute approximate surface area is 154 Å². The van der Waals surface area contributed by atoms with Crippen LogP contribution < -0.4 is 15.1 Å². The number of rotatable bonds is 6. The third kappa shape index (κ3) is 4.27. The number of nitrogens with zero attached hydrogens (tertiary/aromatic N) is 5. The molecule has 0 radical (unpaired) electrons. The molecular formula is C19H27FN6. The fourth-order valence-corrected chi connectivity index (χ4v) is 3.32. The van der Waals surface area contributed by atoms with Gasteiger partial charge in [-0.05, 0) is 19.3 Å². The molecule has 0 amide bonds. The van der Waals surface area contributed by atoms with Crippen molar-refractivity contribution in [2.24, 2.45) is 0 Å². The lowest BCUT2D eigenvalue weighted by Crippen LogP contribution is -2.42. The van der Waals surface area contributed by atoms with Crippen molar-refractivity contribution in [2.75, 3.05) is 37.0 Å². The number of aromatic nitrogens is 3. The van der Waals surface area contributed by atoms with Crippen molar-refractivity contribution in [3.05, 3.63) is 41.9 Å². The highest BCUT2D eigenvalue weighted by molar-refractivity contribution is 5.51. The van der Waals surface area contributed by atoms with Gasteiger partial charge in [-0.25, -0.2) is 14.4 Å². The number of hydrogen-bond acceptors (Lipinski definition) is 6. The lowest BCUT2D eigenvalue weighted by atomic mass is 10.0.